The summed E-state index contributed by atoms with van der Waals surface area (Å²) >= 11 is 0. The van der Waals surface area contributed by atoms with Crippen LogP contribution >= 0.6 is 0 Å². The van der Waals surface area contributed by atoms with Crippen molar-refractivity contribution in [1.29, 1.82) is 0 Å². The smallest absolute Gasteiger partial charge is 0.208 e. The summed E-state index contributed by atoms with van der Waals surface area (Å²) in [6.45, 7) is 3.03. The molecule has 2 aromatic carbocycles. The monoisotopic (exact) mass is 297 g/mol. The molecule has 1 fully saturated rings. The largest absolute Gasteiger partial charge is 0.344 e. The van der Waals surface area contributed by atoms with E-state index < -0.39 is 5.79 Å². The lowest BCUT2D eigenvalue weighted by molar-refractivity contribution is -0.274. The van der Waals surface area contributed by atoms with E-state index in [4.69, 9.17) is 9.47 Å². The van der Waals surface area contributed by atoms with Crippen LogP contribution in [0.15, 0.2) is 60.7 Å². The highest BCUT2D eigenvalue weighted by atomic mass is 16.7. The van der Waals surface area contributed by atoms with E-state index in [0.29, 0.717) is 13.2 Å². The van der Waals surface area contributed by atoms with Crippen LogP contribution in [0.2, 0.25) is 0 Å². The summed E-state index contributed by atoms with van der Waals surface area (Å²) in [6.07, 6.45) is 0.891. The molecular weight excluding hydrogens is 274 g/mol. The van der Waals surface area contributed by atoms with Gasteiger partial charge < -0.3 is 9.47 Å². The topological polar surface area (TPSA) is 21.7 Å². The number of benzene rings is 2. The quantitative estimate of drug-likeness (QED) is 0.846. The summed E-state index contributed by atoms with van der Waals surface area (Å²) in [5, 5.41) is 0. The van der Waals surface area contributed by atoms with Gasteiger partial charge in [0.25, 0.3) is 0 Å². The SMILES string of the molecule is CN1CCOC(OCCc2ccccc2)(c2ccccc2)C1. The van der Waals surface area contributed by atoms with Gasteiger partial charge >= 0.3 is 0 Å². The van der Waals surface area contributed by atoms with E-state index in [2.05, 4.69) is 48.3 Å². The maximum atomic E-state index is 6.27. The summed E-state index contributed by atoms with van der Waals surface area (Å²) in [6, 6.07) is 20.7. The third kappa shape index (κ3) is 3.55. The molecule has 0 saturated carbocycles. The van der Waals surface area contributed by atoms with E-state index in [1.54, 1.807) is 0 Å². The molecule has 1 aliphatic rings. The van der Waals surface area contributed by atoms with E-state index in [-0.39, 0.29) is 0 Å². The van der Waals surface area contributed by atoms with Gasteiger partial charge in [-0.25, -0.2) is 0 Å². The van der Waals surface area contributed by atoms with Crippen molar-refractivity contribution in [1.82, 2.24) is 4.90 Å². The molecule has 0 bridgehead atoms. The van der Waals surface area contributed by atoms with Gasteiger partial charge in [0.05, 0.1) is 19.8 Å². The minimum absolute atomic E-state index is 0.646. The molecule has 3 rings (SSSR count). The molecule has 1 unspecified atom stereocenters. The normalized spacial score (nSPS) is 22.6. The highest BCUT2D eigenvalue weighted by Crippen LogP contribution is 2.31. The standard InChI is InChI=1S/C19H23NO2/c1-20-13-15-22-19(16-20,18-10-6-3-7-11-18)21-14-12-17-8-4-2-5-9-17/h2-11H,12-16H2,1H3. The number of ether oxygens (including phenoxy) is 2. The molecule has 1 aliphatic heterocycles. The van der Waals surface area contributed by atoms with Gasteiger partial charge in [0.1, 0.15) is 0 Å². The van der Waals surface area contributed by atoms with Gasteiger partial charge in [-0.15, -0.1) is 0 Å². The Labute approximate surface area is 132 Å². The van der Waals surface area contributed by atoms with Crippen molar-refractivity contribution in [3.8, 4) is 0 Å². The highest BCUT2D eigenvalue weighted by Gasteiger charge is 2.38. The maximum Gasteiger partial charge on any atom is 0.208 e. The van der Waals surface area contributed by atoms with Gasteiger partial charge in [0.2, 0.25) is 5.79 Å². The molecule has 0 amide bonds. The van der Waals surface area contributed by atoms with Gasteiger partial charge in [0, 0.05) is 12.1 Å². The first-order valence-corrected chi connectivity index (χ1v) is 7.84. The number of morpholine rings is 1. The predicted molar refractivity (Wildman–Crippen MR) is 87.7 cm³/mol. The summed E-state index contributed by atoms with van der Waals surface area (Å²) < 4.78 is 12.4. The summed E-state index contributed by atoms with van der Waals surface area (Å²) in [4.78, 5) is 2.26. The lowest BCUT2D eigenvalue weighted by atomic mass is 10.0. The van der Waals surface area contributed by atoms with Gasteiger partial charge in [-0.05, 0) is 19.0 Å². The van der Waals surface area contributed by atoms with Crippen molar-refractivity contribution < 1.29 is 9.47 Å². The Hall–Kier alpha value is -1.68. The number of nitrogens with zero attached hydrogens (tertiary/aromatic N) is 1. The zero-order valence-corrected chi connectivity index (χ0v) is 13.1. The fraction of sp³-hybridized carbons (Fsp3) is 0.368. The van der Waals surface area contributed by atoms with Crippen molar-refractivity contribution in [3.05, 3.63) is 71.8 Å². The Morgan fingerprint density at radius 1 is 1.05 bits per heavy atom. The van der Waals surface area contributed by atoms with Gasteiger partial charge in [-0.2, -0.15) is 0 Å². The van der Waals surface area contributed by atoms with Crippen molar-refractivity contribution in [2.45, 2.75) is 12.2 Å². The number of hydrogen-bond donors (Lipinski definition) is 0. The van der Waals surface area contributed by atoms with Crippen LogP contribution in [0.5, 0.6) is 0 Å². The summed E-state index contributed by atoms with van der Waals surface area (Å²) in [7, 11) is 2.11. The fourth-order valence-corrected chi connectivity index (χ4v) is 2.86. The molecule has 1 saturated heterocycles. The Bertz CT molecular complexity index is 573. The predicted octanol–water partition coefficient (Wildman–Crippen LogP) is 3.06. The second-order valence-corrected chi connectivity index (χ2v) is 5.79. The van der Waals surface area contributed by atoms with Crippen LogP contribution in [0.25, 0.3) is 0 Å². The van der Waals surface area contributed by atoms with Crippen LogP contribution < -0.4 is 0 Å². The van der Waals surface area contributed by atoms with Crippen LogP contribution in [-0.4, -0.2) is 38.3 Å². The lowest BCUT2D eigenvalue weighted by Crippen LogP contribution is -2.50. The first kappa shape index (κ1) is 15.2. The van der Waals surface area contributed by atoms with Crippen molar-refractivity contribution >= 4 is 0 Å². The lowest BCUT2D eigenvalue weighted by Gasteiger charge is -2.41. The van der Waals surface area contributed by atoms with E-state index in [0.717, 1.165) is 25.1 Å². The molecule has 1 atom stereocenters. The average molecular weight is 297 g/mol. The molecule has 0 aromatic heterocycles. The third-order valence-electron chi connectivity index (χ3n) is 4.07. The average Bonchev–Trinajstić information content (AvgIpc) is 2.57. The molecule has 2 aromatic rings. The van der Waals surface area contributed by atoms with E-state index in [1.165, 1.54) is 5.56 Å². The van der Waals surface area contributed by atoms with Crippen LogP contribution in [-0.2, 0) is 21.7 Å². The number of rotatable bonds is 5. The molecule has 0 N–H and O–H groups in total. The van der Waals surface area contributed by atoms with Crippen molar-refractivity contribution in [3.63, 3.8) is 0 Å². The van der Waals surface area contributed by atoms with E-state index in [9.17, 15) is 0 Å². The second kappa shape index (κ2) is 7.05. The van der Waals surface area contributed by atoms with E-state index >= 15 is 0 Å². The Morgan fingerprint density at radius 2 is 1.73 bits per heavy atom. The number of hydrogen-bond acceptors (Lipinski definition) is 3. The van der Waals surface area contributed by atoms with Crippen LogP contribution in [0.3, 0.4) is 0 Å². The zero-order chi connectivity index (χ0) is 15.3. The second-order valence-electron chi connectivity index (χ2n) is 5.79. The first-order valence-electron chi connectivity index (χ1n) is 7.84. The molecule has 0 spiro atoms. The first-order chi connectivity index (χ1) is 10.8. The van der Waals surface area contributed by atoms with E-state index in [1.807, 2.05) is 24.3 Å². The highest BCUT2D eigenvalue weighted by molar-refractivity contribution is 5.21. The van der Waals surface area contributed by atoms with Gasteiger partial charge in [0.15, 0.2) is 0 Å². The summed E-state index contributed by atoms with van der Waals surface area (Å²) in [5.74, 6) is -0.650. The van der Waals surface area contributed by atoms with Gasteiger partial charge in [-0.1, -0.05) is 60.7 Å². The molecule has 22 heavy (non-hydrogen) atoms. The van der Waals surface area contributed by atoms with Crippen molar-refractivity contribution in [2.24, 2.45) is 0 Å². The third-order valence-corrected chi connectivity index (χ3v) is 4.07. The number of likely N-dealkylation sites (N-methyl/N-ethyl adjacent to an activating group) is 1. The van der Waals surface area contributed by atoms with Crippen LogP contribution in [0, 0.1) is 0 Å². The Balaban J connectivity index is 1.72. The molecule has 3 heteroatoms. The summed E-state index contributed by atoms with van der Waals surface area (Å²) in [5.41, 5.74) is 2.38. The minimum Gasteiger partial charge on any atom is -0.344 e. The zero-order valence-electron chi connectivity index (χ0n) is 13.1. The Kier molecular flexibility index (Phi) is 4.88. The molecule has 0 radical (unpaired) electrons. The maximum absolute atomic E-state index is 6.27. The van der Waals surface area contributed by atoms with Gasteiger partial charge in [-0.3, -0.25) is 4.90 Å². The molecular formula is C19H23NO2. The molecule has 0 aliphatic carbocycles. The molecule has 1 heterocycles. The Morgan fingerprint density at radius 3 is 2.41 bits per heavy atom. The van der Waals surface area contributed by atoms with Crippen LogP contribution in [0.1, 0.15) is 11.1 Å². The van der Waals surface area contributed by atoms with Crippen LogP contribution in [0.4, 0.5) is 0 Å². The fourth-order valence-electron chi connectivity index (χ4n) is 2.86. The molecule has 116 valence electrons. The molecule has 3 nitrogen and oxygen atoms in total. The van der Waals surface area contributed by atoms with Crippen molar-refractivity contribution in [2.75, 3.05) is 33.4 Å². The minimum atomic E-state index is -0.650.